The quantitative estimate of drug-likeness (QED) is 0.611. The fraction of sp³-hybridized carbons (Fsp3) is 0.360. The molecule has 2 aliphatic heterocycles. The number of carbonyl (C=O) groups excluding carboxylic acids is 3. The van der Waals surface area contributed by atoms with Gasteiger partial charge in [0.15, 0.2) is 5.13 Å². The molecule has 176 valence electrons. The van der Waals surface area contributed by atoms with Crippen LogP contribution in [-0.4, -0.2) is 77.2 Å². The second-order valence-electron chi connectivity index (χ2n) is 8.95. The molecule has 3 aromatic rings. The van der Waals surface area contributed by atoms with Gasteiger partial charge in [0, 0.05) is 51.3 Å². The number of nitrogens with zero attached hydrogens (tertiary/aromatic N) is 4. The number of hydrogen-bond donors (Lipinski definition) is 1. The number of aromatic nitrogens is 1. The number of thiazole rings is 1. The molecular weight excluding hydrogens is 450 g/mol. The molecule has 3 heterocycles. The summed E-state index contributed by atoms with van der Waals surface area (Å²) in [6.07, 6.45) is 0.202. The predicted octanol–water partition coefficient (Wildman–Crippen LogP) is 2.67. The van der Waals surface area contributed by atoms with Crippen LogP contribution in [0.2, 0.25) is 0 Å². The molecule has 0 spiro atoms. The molecule has 0 radical (unpaired) electrons. The van der Waals surface area contributed by atoms with E-state index < -0.39 is 5.92 Å². The van der Waals surface area contributed by atoms with E-state index in [0.717, 1.165) is 42.0 Å². The number of carbonyl (C=O) groups is 3. The third kappa shape index (κ3) is 4.80. The predicted molar refractivity (Wildman–Crippen MR) is 132 cm³/mol. The lowest BCUT2D eigenvalue weighted by Crippen LogP contribution is -2.47. The first-order valence-corrected chi connectivity index (χ1v) is 12.3. The highest BCUT2D eigenvalue weighted by atomic mass is 32.1. The molecule has 34 heavy (non-hydrogen) atoms. The van der Waals surface area contributed by atoms with Crippen LogP contribution in [-0.2, 0) is 16.1 Å². The average molecular weight is 478 g/mol. The van der Waals surface area contributed by atoms with Gasteiger partial charge in [-0.1, -0.05) is 41.7 Å². The van der Waals surface area contributed by atoms with E-state index in [2.05, 4.69) is 22.2 Å². The molecule has 1 N–H and O–H groups in total. The van der Waals surface area contributed by atoms with Gasteiger partial charge < -0.3 is 20.0 Å². The highest BCUT2D eigenvalue weighted by molar-refractivity contribution is 7.22. The van der Waals surface area contributed by atoms with Crippen LogP contribution in [0, 0.1) is 5.92 Å². The van der Waals surface area contributed by atoms with Crippen LogP contribution >= 0.6 is 11.3 Å². The maximum Gasteiger partial charge on any atom is 0.253 e. The van der Waals surface area contributed by atoms with Crippen LogP contribution in [0.15, 0.2) is 48.5 Å². The number of anilines is 1. The lowest BCUT2D eigenvalue weighted by Gasteiger charge is -2.32. The molecule has 1 aromatic heterocycles. The topological polar surface area (TPSA) is 85.8 Å². The fourth-order valence-corrected chi connectivity index (χ4v) is 5.32. The Morgan fingerprint density at radius 2 is 1.85 bits per heavy atom. The van der Waals surface area contributed by atoms with Gasteiger partial charge in [-0.15, -0.1) is 0 Å². The Labute approximate surface area is 202 Å². The molecule has 0 aliphatic carbocycles. The van der Waals surface area contributed by atoms with Crippen molar-refractivity contribution in [2.45, 2.75) is 13.0 Å². The van der Waals surface area contributed by atoms with Crippen LogP contribution in [0.1, 0.15) is 22.3 Å². The molecular formula is C25H27N5O3S. The first-order chi connectivity index (χ1) is 16.5. The molecule has 2 aromatic carbocycles. The minimum atomic E-state index is -0.405. The van der Waals surface area contributed by atoms with Crippen molar-refractivity contribution in [3.05, 3.63) is 59.7 Å². The number of amides is 3. The summed E-state index contributed by atoms with van der Waals surface area (Å²) < 4.78 is 0.850. The van der Waals surface area contributed by atoms with Crippen molar-refractivity contribution < 1.29 is 14.4 Å². The summed E-state index contributed by atoms with van der Waals surface area (Å²) in [5, 5.41) is 3.37. The molecule has 1 atom stereocenters. The summed E-state index contributed by atoms with van der Waals surface area (Å²) in [5.74, 6) is -0.591. The van der Waals surface area contributed by atoms with E-state index in [4.69, 9.17) is 0 Å². The second-order valence-corrected chi connectivity index (χ2v) is 9.98. The summed E-state index contributed by atoms with van der Waals surface area (Å²) >= 11 is 1.35. The third-order valence-electron chi connectivity index (χ3n) is 6.46. The van der Waals surface area contributed by atoms with Gasteiger partial charge in [0.1, 0.15) is 0 Å². The Balaban J connectivity index is 1.23. The summed E-state index contributed by atoms with van der Waals surface area (Å²) in [4.78, 5) is 48.5. The van der Waals surface area contributed by atoms with E-state index in [1.807, 2.05) is 47.4 Å². The maximum absolute atomic E-state index is 12.9. The number of rotatable bonds is 5. The Kier molecular flexibility index (Phi) is 6.30. The zero-order valence-corrected chi connectivity index (χ0v) is 19.9. The third-order valence-corrected chi connectivity index (χ3v) is 7.39. The minimum Gasteiger partial charge on any atom is -0.338 e. The lowest BCUT2D eigenvalue weighted by molar-refractivity contribution is -0.128. The van der Waals surface area contributed by atoms with Crippen molar-refractivity contribution in [2.24, 2.45) is 5.92 Å². The van der Waals surface area contributed by atoms with Crippen LogP contribution in [0.3, 0.4) is 0 Å². The number of benzene rings is 2. The summed E-state index contributed by atoms with van der Waals surface area (Å²) in [5.41, 5.74) is 2.42. The molecule has 0 saturated carbocycles. The maximum atomic E-state index is 12.9. The lowest BCUT2D eigenvalue weighted by atomic mass is 10.1. The van der Waals surface area contributed by atoms with E-state index >= 15 is 0 Å². The smallest absolute Gasteiger partial charge is 0.253 e. The molecule has 2 aliphatic rings. The van der Waals surface area contributed by atoms with Gasteiger partial charge in [-0.2, -0.15) is 0 Å². The Hall–Kier alpha value is -3.30. The van der Waals surface area contributed by atoms with E-state index in [1.165, 1.54) is 11.3 Å². The van der Waals surface area contributed by atoms with Crippen molar-refractivity contribution in [1.29, 1.82) is 0 Å². The van der Waals surface area contributed by atoms with Crippen molar-refractivity contribution in [3.8, 4) is 0 Å². The van der Waals surface area contributed by atoms with Gasteiger partial charge in [0.25, 0.3) is 5.91 Å². The summed E-state index contributed by atoms with van der Waals surface area (Å²) in [7, 11) is 2.06. The summed E-state index contributed by atoms with van der Waals surface area (Å²) in [6, 6.07) is 15.2. The van der Waals surface area contributed by atoms with Crippen LogP contribution in [0.4, 0.5) is 5.13 Å². The number of nitrogens with one attached hydrogen (secondary N) is 1. The number of hydrogen-bond acceptors (Lipinski definition) is 6. The minimum absolute atomic E-state index is 0.0136. The van der Waals surface area contributed by atoms with Crippen LogP contribution in [0.25, 0.3) is 10.2 Å². The van der Waals surface area contributed by atoms with Gasteiger partial charge in [0.05, 0.1) is 16.1 Å². The number of likely N-dealkylation sites (tertiary alicyclic amines) is 1. The molecule has 2 saturated heterocycles. The standard InChI is InChI=1S/C25H27N5O3S/c1-28-9-11-29(12-10-28)24(33)18-7-8-20-21(13-18)34-25(26-20)27-23(32)19-14-22(31)30(16-19)15-17-5-3-2-4-6-17/h2-8,13,19H,9-12,14-16H2,1H3,(H,26,27,32). The van der Waals surface area contributed by atoms with Crippen molar-refractivity contribution >= 4 is 44.4 Å². The molecule has 5 rings (SSSR count). The molecule has 1 unspecified atom stereocenters. The van der Waals surface area contributed by atoms with E-state index in [0.29, 0.717) is 23.8 Å². The zero-order valence-electron chi connectivity index (χ0n) is 19.1. The number of fused-ring (bicyclic) bond motifs is 1. The summed E-state index contributed by atoms with van der Waals surface area (Å²) in [6.45, 7) is 4.09. The van der Waals surface area contributed by atoms with Gasteiger partial charge in [0.2, 0.25) is 11.8 Å². The first-order valence-electron chi connectivity index (χ1n) is 11.5. The highest BCUT2D eigenvalue weighted by Crippen LogP contribution is 2.29. The second kappa shape index (κ2) is 9.52. The normalized spacial score (nSPS) is 19.1. The van der Waals surface area contributed by atoms with Gasteiger partial charge >= 0.3 is 0 Å². The van der Waals surface area contributed by atoms with Gasteiger partial charge in [-0.3, -0.25) is 14.4 Å². The number of piperazine rings is 1. The Morgan fingerprint density at radius 1 is 1.09 bits per heavy atom. The molecule has 9 heteroatoms. The fourth-order valence-electron chi connectivity index (χ4n) is 4.42. The molecule has 3 amide bonds. The SMILES string of the molecule is CN1CCN(C(=O)c2ccc3nc(NC(=O)C4CC(=O)N(Cc5ccccc5)C4)sc3c2)CC1. The Morgan fingerprint density at radius 3 is 2.62 bits per heavy atom. The molecule has 0 bridgehead atoms. The number of likely N-dealkylation sites (N-methyl/N-ethyl adjacent to an activating group) is 1. The highest BCUT2D eigenvalue weighted by Gasteiger charge is 2.34. The van der Waals surface area contributed by atoms with Crippen molar-refractivity contribution in [2.75, 3.05) is 45.1 Å². The van der Waals surface area contributed by atoms with E-state index in [-0.39, 0.29) is 24.1 Å². The monoisotopic (exact) mass is 477 g/mol. The largest absolute Gasteiger partial charge is 0.338 e. The van der Waals surface area contributed by atoms with Crippen molar-refractivity contribution in [1.82, 2.24) is 19.7 Å². The van der Waals surface area contributed by atoms with E-state index in [1.54, 1.807) is 11.0 Å². The molecule has 2 fully saturated rings. The first kappa shape index (κ1) is 22.5. The molecule has 8 nitrogen and oxygen atoms in total. The Bertz CT molecular complexity index is 1220. The van der Waals surface area contributed by atoms with Crippen molar-refractivity contribution in [3.63, 3.8) is 0 Å². The van der Waals surface area contributed by atoms with Gasteiger partial charge in [-0.05, 0) is 30.8 Å². The van der Waals surface area contributed by atoms with Crippen LogP contribution < -0.4 is 5.32 Å². The van der Waals surface area contributed by atoms with E-state index in [9.17, 15) is 14.4 Å². The van der Waals surface area contributed by atoms with Crippen LogP contribution in [0.5, 0.6) is 0 Å². The average Bonchev–Trinajstić information content (AvgIpc) is 3.42. The van der Waals surface area contributed by atoms with Gasteiger partial charge in [-0.25, -0.2) is 4.98 Å². The zero-order chi connectivity index (χ0) is 23.7.